The summed E-state index contributed by atoms with van der Waals surface area (Å²) in [7, 11) is 0. The van der Waals surface area contributed by atoms with E-state index in [1.54, 1.807) is 12.1 Å². The summed E-state index contributed by atoms with van der Waals surface area (Å²) in [4.78, 5) is 4.33. The van der Waals surface area contributed by atoms with Gasteiger partial charge in [-0.05, 0) is 59.9 Å². The molecule has 0 radical (unpaired) electrons. The molecule has 0 unspecified atom stereocenters. The molecule has 0 amide bonds. The zero-order chi connectivity index (χ0) is 16.2. The highest BCUT2D eigenvalue weighted by Crippen LogP contribution is 2.26. The third-order valence-electron chi connectivity index (χ3n) is 3.83. The van der Waals surface area contributed by atoms with Crippen molar-refractivity contribution in [2.75, 3.05) is 0 Å². The van der Waals surface area contributed by atoms with Gasteiger partial charge < -0.3 is 4.74 Å². The molecule has 116 valence electrons. The Hall–Kier alpha value is -2.68. The van der Waals surface area contributed by atoms with Crippen molar-refractivity contribution in [1.29, 1.82) is 0 Å². The number of rotatable bonds is 4. The van der Waals surface area contributed by atoms with E-state index in [-0.39, 0.29) is 5.82 Å². The standard InChI is InChI=1S/C20H18FNO/c1-3-15-13-22-20(12-14(15)2)23-19-10-6-17(7-11-19)16-4-8-18(21)9-5-16/h4-13H,3H2,1-2H3. The first-order chi connectivity index (χ1) is 11.2. The topological polar surface area (TPSA) is 22.1 Å². The van der Waals surface area contributed by atoms with Gasteiger partial charge in [-0.3, -0.25) is 0 Å². The van der Waals surface area contributed by atoms with Crippen LogP contribution in [0.4, 0.5) is 4.39 Å². The molecule has 0 aliphatic heterocycles. The van der Waals surface area contributed by atoms with Crippen LogP contribution in [-0.4, -0.2) is 4.98 Å². The summed E-state index contributed by atoms with van der Waals surface area (Å²) in [5, 5.41) is 0. The summed E-state index contributed by atoms with van der Waals surface area (Å²) in [6.07, 6.45) is 2.82. The molecule has 2 aromatic carbocycles. The highest BCUT2D eigenvalue weighted by Gasteiger charge is 2.04. The summed E-state index contributed by atoms with van der Waals surface area (Å²) < 4.78 is 18.8. The van der Waals surface area contributed by atoms with Crippen LogP contribution in [0.15, 0.2) is 60.8 Å². The zero-order valence-corrected chi connectivity index (χ0v) is 13.2. The van der Waals surface area contributed by atoms with Crippen LogP contribution in [0.5, 0.6) is 11.6 Å². The predicted octanol–water partition coefficient (Wildman–Crippen LogP) is 5.55. The second kappa shape index (κ2) is 6.61. The second-order valence-corrected chi connectivity index (χ2v) is 5.44. The SMILES string of the molecule is CCc1cnc(Oc2ccc(-c3ccc(F)cc3)cc2)cc1C. The van der Waals surface area contributed by atoms with Crippen LogP contribution < -0.4 is 4.74 Å². The fourth-order valence-corrected chi connectivity index (χ4v) is 2.46. The Bertz CT molecular complexity index is 795. The summed E-state index contributed by atoms with van der Waals surface area (Å²) in [5.41, 5.74) is 4.39. The van der Waals surface area contributed by atoms with Crippen LogP contribution in [-0.2, 0) is 6.42 Å². The van der Waals surface area contributed by atoms with Gasteiger partial charge in [0.2, 0.25) is 5.88 Å². The van der Waals surface area contributed by atoms with Gasteiger partial charge in [0.15, 0.2) is 0 Å². The molecule has 0 saturated heterocycles. The molecular weight excluding hydrogens is 289 g/mol. The average molecular weight is 307 g/mol. The maximum Gasteiger partial charge on any atom is 0.219 e. The monoisotopic (exact) mass is 307 g/mol. The number of hydrogen-bond acceptors (Lipinski definition) is 2. The van der Waals surface area contributed by atoms with E-state index in [9.17, 15) is 4.39 Å². The van der Waals surface area contributed by atoms with Crippen molar-refractivity contribution >= 4 is 0 Å². The minimum atomic E-state index is -0.231. The maximum atomic E-state index is 13.0. The molecule has 0 aliphatic rings. The van der Waals surface area contributed by atoms with Crippen molar-refractivity contribution < 1.29 is 9.13 Å². The summed E-state index contributed by atoms with van der Waals surface area (Å²) in [5.74, 6) is 1.09. The number of aryl methyl sites for hydroxylation is 2. The molecule has 23 heavy (non-hydrogen) atoms. The zero-order valence-electron chi connectivity index (χ0n) is 13.2. The molecule has 0 atom stereocenters. The summed E-state index contributed by atoms with van der Waals surface area (Å²) in [6, 6.07) is 16.1. The molecule has 0 fully saturated rings. The maximum absolute atomic E-state index is 13.0. The average Bonchev–Trinajstić information content (AvgIpc) is 2.57. The first kappa shape index (κ1) is 15.2. The number of nitrogens with zero attached hydrogens (tertiary/aromatic N) is 1. The molecule has 3 aromatic rings. The Morgan fingerprint density at radius 3 is 2.13 bits per heavy atom. The Morgan fingerprint density at radius 1 is 0.957 bits per heavy atom. The highest BCUT2D eigenvalue weighted by atomic mass is 19.1. The van der Waals surface area contributed by atoms with Crippen LogP contribution in [0.3, 0.4) is 0 Å². The number of benzene rings is 2. The largest absolute Gasteiger partial charge is 0.439 e. The molecule has 0 spiro atoms. The van der Waals surface area contributed by atoms with Gasteiger partial charge in [0.1, 0.15) is 11.6 Å². The van der Waals surface area contributed by atoms with Crippen LogP contribution in [0.2, 0.25) is 0 Å². The third kappa shape index (κ3) is 3.57. The van der Waals surface area contributed by atoms with Gasteiger partial charge in [-0.1, -0.05) is 31.2 Å². The predicted molar refractivity (Wildman–Crippen MR) is 90.3 cm³/mol. The van der Waals surface area contributed by atoms with Crippen LogP contribution in [0, 0.1) is 12.7 Å². The molecule has 3 rings (SSSR count). The van der Waals surface area contributed by atoms with Gasteiger partial charge in [-0.15, -0.1) is 0 Å². The van der Waals surface area contributed by atoms with Crippen LogP contribution >= 0.6 is 0 Å². The lowest BCUT2D eigenvalue weighted by molar-refractivity contribution is 0.462. The van der Waals surface area contributed by atoms with E-state index in [0.29, 0.717) is 5.88 Å². The molecule has 0 aliphatic carbocycles. The number of aromatic nitrogens is 1. The molecule has 0 N–H and O–H groups in total. The summed E-state index contributed by atoms with van der Waals surface area (Å²) in [6.45, 7) is 4.17. The Labute approximate surface area is 135 Å². The van der Waals surface area contributed by atoms with E-state index in [2.05, 4.69) is 18.8 Å². The lowest BCUT2D eigenvalue weighted by Gasteiger charge is -2.08. The van der Waals surface area contributed by atoms with Gasteiger partial charge in [0.25, 0.3) is 0 Å². The first-order valence-electron chi connectivity index (χ1n) is 7.65. The lowest BCUT2D eigenvalue weighted by atomic mass is 10.1. The number of pyridine rings is 1. The molecule has 0 saturated carbocycles. The van der Waals surface area contributed by atoms with Gasteiger partial charge in [-0.25, -0.2) is 9.37 Å². The van der Waals surface area contributed by atoms with Gasteiger partial charge in [0, 0.05) is 12.3 Å². The van der Waals surface area contributed by atoms with E-state index >= 15 is 0 Å². The van der Waals surface area contributed by atoms with E-state index in [1.807, 2.05) is 36.5 Å². The number of ether oxygens (including phenoxy) is 1. The van der Waals surface area contributed by atoms with Crippen molar-refractivity contribution in [3.8, 4) is 22.8 Å². The first-order valence-corrected chi connectivity index (χ1v) is 7.65. The van der Waals surface area contributed by atoms with E-state index in [4.69, 9.17) is 4.74 Å². The van der Waals surface area contributed by atoms with Crippen molar-refractivity contribution in [2.24, 2.45) is 0 Å². The normalized spacial score (nSPS) is 10.6. The van der Waals surface area contributed by atoms with Crippen LogP contribution in [0.25, 0.3) is 11.1 Å². The minimum Gasteiger partial charge on any atom is -0.439 e. The quantitative estimate of drug-likeness (QED) is 0.630. The van der Waals surface area contributed by atoms with Crippen molar-refractivity contribution in [1.82, 2.24) is 4.98 Å². The molecular formula is C20H18FNO. The van der Waals surface area contributed by atoms with E-state index < -0.39 is 0 Å². The lowest BCUT2D eigenvalue weighted by Crippen LogP contribution is -1.93. The highest BCUT2D eigenvalue weighted by molar-refractivity contribution is 5.64. The molecule has 0 bridgehead atoms. The van der Waals surface area contributed by atoms with Gasteiger partial charge >= 0.3 is 0 Å². The number of halogens is 1. The van der Waals surface area contributed by atoms with Crippen molar-refractivity contribution in [2.45, 2.75) is 20.3 Å². The fraction of sp³-hybridized carbons (Fsp3) is 0.150. The van der Waals surface area contributed by atoms with Gasteiger partial charge in [-0.2, -0.15) is 0 Å². The van der Waals surface area contributed by atoms with E-state index in [1.165, 1.54) is 23.3 Å². The number of hydrogen-bond donors (Lipinski definition) is 0. The van der Waals surface area contributed by atoms with Crippen molar-refractivity contribution in [3.05, 3.63) is 77.7 Å². The third-order valence-corrected chi connectivity index (χ3v) is 3.83. The second-order valence-electron chi connectivity index (χ2n) is 5.44. The molecule has 2 nitrogen and oxygen atoms in total. The van der Waals surface area contributed by atoms with Crippen molar-refractivity contribution in [3.63, 3.8) is 0 Å². The summed E-state index contributed by atoms with van der Waals surface area (Å²) >= 11 is 0. The van der Waals surface area contributed by atoms with Gasteiger partial charge in [0.05, 0.1) is 0 Å². The molecule has 3 heteroatoms. The Balaban J connectivity index is 1.77. The Kier molecular flexibility index (Phi) is 4.38. The Morgan fingerprint density at radius 2 is 1.57 bits per heavy atom. The fourth-order valence-electron chi connectivity index (χ4n) is 2.46. The smallest absolute Gasteiger partial charge is 0.219 e. The molecule has 1 aromatic heterocycles. The molecule has 1 heterocycles. The van der Waals surface area contributed by atoms with Crippen LogP contribution in [0.1, 0.15) is 18.1 Å². The van der Waals surface area contributed by atoms with E-state index in [0.717, 1.165) is 23.3 Å². The minimum absolute atomic E-state index is 0.231.